The number of Topliss-reactive ketones (excluding diaryl/α,β-unsaturated/α-hetero) is 1. The predicted molar refractivity (Wildman–Crippen MR) is 51.0 cm³/mol. The van der Waals surface area contributed by atoms with Gasteiger partial charge in [0.25, 0.3) is 0 Å². The van der Waals surface area contributed by atoms with Crippen molar-refractivity contribution in [2.75, 3.05) is 7.11 Å². The molecule has 3 nitrogen and oxygen atoms in total. The summed E-state index contributed by atoms with van der Waals surface area (Å²) in [5.41, 5.74) is 0. The maximum Gasteiger partial charge on any atom is 0.201 e. The first-order chi connectivity index (χ1) is 6.72. The van der Waals surface area contributed by atoms with Crippen molar-refractivity contribution in [3.63, 3.8) is 0 Å². The summed E-state index contributed by atoms with van der Waals surface area (Å²) in [5.74, 6) is 2.05. The van der Waals surface area contributed by atoms with E-state index in [2.05, 4.69) is 6.92 Å². The Balaban J connectivity index is 2.05. The molecule has 0 aliphatic heterocycles. The van der Waals surface area contributed by atoms with Gasteiger partial charge in [-0.05, 0) is 24.5 Å². The first-order valence-electron chi connectivity index (χ1n) is 4.84. The molecule has 0 saturated heterocycles. The Labute approximate surface area is 83.0 Å². The van der Waals surface area contributed by atoms with E-state index in [9.17, 15) is 4.79 Å². The third-order valence-electron chi connectivity index (χ3n) is 2.64. The van der Waals surface area contributed by atoms with Gasteiger partial charge in [0.2, 0.25) is 5.78 Å². The summed E-state index contributed by atoms with van der Waals surface area (Å²) >= 11 is 0. The number of hydrogen-bond acceptors (Lipinski definition) is 3. The van der Waals surface area contributed by atoms with Gasteiger partial charge in [-0.25, -0.2) is 0 Å². The highest BCUT2D eigenvalue weighted by Crippen LogP contribution is 2.40. The van der Waals surface area contributed by atoms with Crippen LogP contribution in [-0.2, 0) is 11.3 Å². The molecule has 76 valence electrons. The zero-order valence-corrected chi connectivity index (χ0v) is 8.45. The number of carbonyl (C=O) groups excluding carboxylic acids is 1. The molecule has 1 fully saturated rings. The molecule has 1 aromatic heterocycles. The molecule has 0 N–H and O–H groups in total. The van der Waals surface area contributed by atoms with Crippen molar-refractivity contribution in [1.29, 1.82) is 0 Å². The van der Waals surface area contributed by atoms with Gasteiger partial charge in [0.1, 0.15) is 12.4 Å². The van der Waals surface area contributed by atoms with Gasteiger partial charge in [-0.1, -0.05) is 6.92 Å². The molecule has 0 bridgehead atoms. The zero-order valence-electron chi connectivity index (χ0n) is 8.45. The van der Waals surface area contributed by atoms with Gasteiger partial charge in [-0.15, -0.1) is 0 Å². The van der Waals surface area contributed by atoms with E-state index in [4.69, 9.17) is 9.15 Å². The maximum absolute atomic E-state index is 11.7. The number of carbonyl (C=O) groups is 1. The molecule has 2 unspecified atom stereocenters. The molecule has 14 heavy (non-hydrogen) atoms. The molecule has 3 heteroatoms. The minimum atomic E-state index is 0.139. The maximum atomic E-state index is 11.7. The molecule has 2 rings (SSSR count). The molecule has 1 saturated carbocycles. The molecule has 1 aromatic rings. The van der Waals surface area contributed by atoms with Crippen molar-refractivity contribution >= 4 is 5.78 Å². The lowest BCUT2D eigenvalue weighted by molar-refractivity contribution is 0.0926. The Kier molecular flexibility index (Phi) is 2.42. The lowest BCUT2D eigenvalue weighted by Crippen LogP contribution is -2.00. The highest BCUT2D eigenvalue weighted by atomic mass is 16.5. The van der Waals surface area contributed by atoms with E-state index in [-0.39, 0.29) is 11.7 Å². The second-order valence-electron chi connectivity index (χ2n) is 3.88. The van der Waals surface area contributed by atoms with Crippen LogP contribution in [0.15, 0.2) is 16.5 Å². The number of furan rings is 1. The summed E-state index contributed by atoms with van der Waals surface area (Å²) < 4.78 is 10.3. The summed E-state index contributed by atoms with van der Waals surface area (Å²) in [7, 11) is 1.60. The van der Waals surface area contributed by atoms with Crippen molar-refractivity contribution in [3.8, 4) is 0 Å². The van der Waals surface area contributed by atoms with Gasteiger partial charge in [0, 0.05) is 13.0 Å². The summed E-state index contributed by atoms with van der Waals surface area (Å²) in [6.07, 6.45) is 0.999. The molecule has 2 atom stereocenters. The van der Waals surface area contributed by atoms with E-state index in [1.165, 1.54) is 0 Å². The van der Waals surface area contributed by atoms with E-state index >= 15 is 0 Å². The minimum Gasteiger partial charge on any atom is -0.456 e. The third-order valence-corrected chi connectivity index (χ3v) is 2.64. The van der Waals surface area contributed by atoms with Crippen LogP contribution in [0.2, 0.25) is 0 Å². The standard InChI is InChI=1S/C11H14O3/c1-7-5-9(7)11(12)10-4-3-8(14-10)6-13-2/h3-4,7,9H,5-6H2,1-2H3. The van der Waals surface area contributed by atoms with Crippen LogP contribution >= 0.6 is 0 Å². The van der Waals surface area contributed by atoms with Gasteiger partial charge < -0.3 is 9.15 Å². The number of ether oxygens (including phenoxy) is 1. The van der Waals surface area contributed by atoms with Crippen LogP contribution in [0, 0.1) is 11.8 Å². The van der Waals surface area contributed by atoms with Crippen molar-refractivity contribution < 1.29 is 13.9 Å². The molecular formula is C11H14O3. The van der Waals surface area contributed by atoms with E-state index in [0.717, 1.165) is 6.42 Å². The summed E-state index contributed by atoms with van der Waals surface area (Å²) in [6.45, 7) is 2.51. The largest absolute Gasteiger partial charge is 0.456 e. The Morgan fingerprint density at radius 3 is 2.93 bits per heavy atom. The normalized spacial score (nSPS) is 25.0. The number of methoxy groups -OCH3 is 1. The molecule has 0 spiro atoms. The second kappa shape index (κ2) is 3.58. The first-order valence-corrected chi connectivity index (χ1v) is 4.84. The van der Waals surface area contributed by atoms with Crippen molar-refractivity contribution in [1.82, 2.24) is 0 Å². The fourth-order valence-electron chi connectivity index (χ4n) is 1.60. The fraction of sp³-hybridized carbons (Fsp3) is 0.545. The van der Waals surface area contributed by atoms with Crippen LogP contribution < -0.4 is 0 Å². The Bertz CT molecular complexity index is 340. The quantitative estimate of drug-likeness (QED) is 0.690. The van der Waals surface area contributed by atoms with Crippen molar-refractivity contribution in [3.05, 3.63) is 23.7 Å². The first kappa shape index (κ1) is 9.46. The van der Waals surface area contributed by atoms with Crippen LogP contribution in [0.5, 0.6) is 0 Å². The average Bonchev–Trinajstić information content (AvgIpc) is 2.71. The lowest BCUT2D eigenvalue weighted by atomic mass is 10.2. The highest BCUT2D eigenvalue weighted by molar-refractivity contribution is 5.97. The summed E-state index contributed by atoms with van der Waals surface area (Å²) in [4.78, 5) is 11.7. The van der Waals surface area contributed by atoms with E-state index in [1.54, 1.807) is 19.2 Å². The zero-order chi connectivity index (χ0) is 10.1. The Morgan fingerprint density at radius 1 is 1.64 bits per heavy atom. The topological polar surface area (TPSA) is 39.4 Å². The van der Waals surface area contributed by atoms with Gasteiger partial charge in [0.15, 0.2) is 5.76 Å². The van der Waals surface area contributed by atoms with E-state index in [0.29, 0.717) is 24.0 Å². The molecule has 1 heterocycles. The van der Waals surface area contributed by atoms with Gasteiger partial charge >= 0.3 is 0 Å². The molecule has 1 aliphatic carbocycles. The van der Waals surface area contributed by atoms with Crippen LogP contribution in [-0.4, -0.2) is 12.9 Å². The van der Waals surface area contributed by atoms with Crippen LogP contribution in [0.3, 0.4) is 0 Å². The SMILES string of the molecule is COCc1ccc(C(=O)C2CC2C)o1. The Hall–Kier alpha value is -1.09. The molecule has 1 aliphatic rings. The fourth-order valence-corrected chi connectivity index (χ4v) is 1.60. The van der Waals surface area contributed by atoms with Crippen LogP contribution in [0.4, 0.5) is 0 Å². The lowest BCUT2D eigenvalue weighted by Gasteiger charge is -1.94. The molecule has 0 amide bonds. The predicted octanol–water partition coefficient (Wildman–Crippen LogP) is 2.26. The smallest absolute Gasteiger partial charge is 0.201 e. The summed E-state index contributed by atoms with van der Waals surface area (Å²) in [5, 5.41) is 0. The number of rotatable bonds is 4. The number of ketones is 1. The Morgan fingerprint density at radius 2 is 2.36 bits per heavy atom. The molecular weight excluding hydrogens is 180 g/mol. The number of hydrogen-bond donors (Lipinski definition) is 0. The minimum absolute atomic E-state index is 0.139. The van der Waals surface area contributed by atoms with E-state index < -0.39 is 0 Å². The van der Waals surface area contributed by atoms with Crippen molar-refractivity contribution in [2.24, 2.45) is 11.8 Å². The summed E-state index contributed by atoms with van der Waals surface area (Å²) in [6, 6.07) is 3.53. The monoisotopic (exact) mass is 194 g/mol. The van der Waals surface area contributed by atoms with Gasteiger partial charge in [0.05, 0.1) is 0 Å². The average molecular weight is 194 g/mol. The second-order valence-corrected chi connectivity index (χ2v) is 3.88. The molecule has 0 aromatic carbocycles. The van der Waals surface area contributed by atoms with Gasteiger partial charge in [-0.2, -0.15) is 0 Å². The highest BCUT2D eigenvalue weighted by Gasteiger charge is 2.40. The van der Waals surface area contributed by atoms with Crippen LogP contribution in [0.25, 0.3) is 0 Å². The van der Waals surface area contributed by atoms with Gasteiger partial charge in [-0.3, -0.25) is 4.79 Å². The van der Waals surface area contributed by atoms with E-state index in [1.807, 2.05) is 0 Å². The van der Waals surface area contributed by atoms with Crippen molar-refractivity contribution in [2.45, 2.75) is 20.0 Å². The van der Waals surface area contributed by atoms with Crippen LogP contribution in [0.1, 0.15) is 29.7 Å². The molecule has 0 radical (unpaired) electrons. The third kappa shape index (κ3) is 1.73.